The van der Waals surface area contributed by atoms with Gasteiger partial charge in [-0.15, -0.1) is 0 Å². The van der Waals surface area contributed by atoms with Crippen LogP contribution >= 0.6 is 0 Å². The van der Waals surface area contributed by atoms with E-state index in [1.807, 2.05) is 25.1 Å². The van der Waals surface area contributed by atoms with Crippen molar-refractivity contribution in [1.82, 2.24) is 0 Å². The zero-order chi connectivity index (χ0) is 9.42. The Kier molecular flexibility index (Phi) is 1.72. The number of nitrogens with one attached hydrogen (secondary N) is 1. The van der Waals surface area contributed by atoms with Crippen molar-refractivity contribution in [2.75, 3.05) is 5.32 Å². The molecular weight excluding hydrogens is 166 g/mol. The standard InChI is InChI=1S/C10H11NO2/c1-6-2-3-8-7(4-6)5-9(11-8)10(12)13/h2-4,9,11H,5H2,1H3,(H,12,13)/t9-/m1/s1. The van der Waals surface area contributed by atoms with Crippen molar-refractivity contribution in [3.05, 3.63) is 29.3 Å². The molecule has 0 bridgehead atoms. The molecule has 0 saturated heterocycles. The zero-order valence-corrected chi connectivity index (χ0v) is 7.37. The molecule has 0 amide bonds. The number of rotatable bonds is 1. The van der Waals surface area contributed by atoms with Crippen molar-refractivity contribution in [3.8, 4) is 0 Å². The molecule has 1 aliphatic heterocycles. The van der Waals surface area contributed by atoms with Crippen LogP contribution in [-0.2, 0) is 11.2 Å². The first-order chi connectivity index (χ1) is 6.16. The molecule has 2 N–H and O–H groups in total. The van der Waals surface area contributed by atoms with Crippen molar-refractivity contribution in [3.63, 3.8) is 0 Å². The van der Waals surface area contributed by atoms with Gasteiger partial charge in [0, 0.05) is 12.1 Å². The maximum absolute atomic E-state index is 10.7. The van der Waals surface area contributed by atoms with E-state index in [1.54, 1.807) is 0 Å². The van der Waals surface area contributed by atoms with Crippen molar-refractivity contribution in [2.24, 2.45) is 0 Å². The molecule has 68 valence electrons. The molecule has 0 saturated carbocycles. The van der Waals surface area contributed by atoms with Crippen molar-refractivity contribution >= 4 is 11.7 Å². The first-order valence-electron chi connectivity index (χ1n) is 4.25. The molecule has 1 aromatic rings. The highest BCUT2D eigenvalue weighted by atomic mass is 16.4. The number of carbonyl (C=O) groups is 1. The van der Waals surface area contributed by atoms with E-state index < -0.39 is 12.0 Å². The Balaban J connectivity index is 2.30. The van der Waals surface area contributed by atoms with Crippen LogP contribution in [-0.4, -0.2) is 17.1 Å². The van der Waals surface area contributed by atoms with Gasteiger partial charge in [0.25, 0.3) is 0 Å². The fourth-order valence-corrected chi connectivity index (χ4v) is 1.64. The highest BCUT2D eigenvalue weighted by molar-refractivity contribution is 5.81. The second-order valence-electron chi connectivity index (χ2n) is 3.40. The molecule has 1 heterocycles. The molecule has 13 heavy (non-hydrogen) atoms. The Morgan fingerprint density at radius 1 is 1.62 bits per heavy atom. The summed E-state index contributed by atoms with van der Waals surface area (Å²) in [6.07, 6.45) is 0.590. The maximum Gasteiger partial charge on any atom is 0.326 e. The van der Waals surface area contributed by atoms with Gasteiger partial charge < -0.3 is 10.4 Å². The van der Waals surface area contributed by atoms with Crippen LogP contribution in [0, 0.1) is 6.92 Å². The van der Waals surface area contributed by atoms with Gasteiger partial charge in [-0.25, -0.2) is 4.79 Å². The quantitative estimate of drug-likeness (QED) is 0.682. The SMILES string of the molecule is Cc1ccc2c(c1)C[C@H](C(=O)O)N2. The molecule has 0 unspecified atom stereocenters. The molecule has 1 aromatic carbocycles. The molecule has 2 rings (SSSR count). The predicted octanol–water partition coefficient (Wildman–Crippen LogP) is 1.42. The molecule has 0 aliphatic carbocycles. The smallest absolute Gasteiger partial charge is 0.326 e. The van der Waals surface area contributed by atoms with Crippen molar-refractivity contribution in [1.29, 1.82) is 0 Å². The van der Waals surface area contributed by atoms with Crippen LogP contribution in [0.4, 0.5) is 5.69 Å². The van der Waals surface area contributed by atoms with Crippen LogP contribution in [0.1, 0.15) is 11.1 Å². The van der Waals surface area contributed by atoms with Gasteiger partial charge in [0.15, 0.2) is 0 Å². The summed E-state index contributed by atoms with van der Waals surface area (Å²) in [4.78, 5) is 10.7. The van der Waals surface area contributed by atoms with Crippen LogP contribution in [0.3, 0.4) is 0 Å². The fraction of sp³-hybridized carbons (Fsp3) is 0.300. The lowest BCUT2D eigenvalue weighted by Gasteiger charge is -2.03. The summed E-state index contributed by atoms with van der Waals surface area (Å²) in [5.74, 6) is -0.783. The monoisotopic (exact) mass is 177 g/mol. The largest absolute Gasteiger partial charge is 0.480 e. The molecule has 3 heteroatoms. The number of benzene rings is 1. The van der Waals surface area contributed by atoms with E-state index in [0.29, 0.717) is 6.42 Å². The number of hydrogen-bond acceptors (Lipinski definition) is 2. The van der Waals surface area contributed by atoms with Gasteiger partial charge in [-0.3, -0.25) is 0 Å². The second kappa shape index (κ2) is 2.76. The van der Waals surface area contributed by atoms with Gasteiger partial charge in [-0.2, -0.15) is 0 Å². The Labute approximate surface area is 76.4 Å². The molecule has 0 radical (unpaired) electrons. The highest BCUT2D eigenvalue weighted by Gasteiger charge is 2.25. The summed E-state index contributed by atoms with van der Waals surface area (Å²) in [6.45, 7) is 2.01. The third kappa shape index (κ3) is 1.37. The predicted molar refractivity (Wildman–Crippen MR) is 49.9 cm³/mol. The topological polar surface area (TPSA) is 49.3 Å². The maximum atomic E-state index is 10.7. The van der Waals surface area contributed by atoms with Crippen LogP contribution in [0.15, 0.2) is 18.2 Å². The summed E-state index contributed by atoms with van der Waals surface area (Å²) in [5, 5.41) is 11.8. The Morgan fingerprint density at radius 3 is 3.08 bits per heavy atom. The Morgan fingerprint density at radius 2 is 2.38 bits per heavy atom. The molecular formula is C10H11NO2. The number of hydrogen-bond donors (Lipinski definition) is 2. The van der Waals surface area contributed by atoms with E-state index in [1.165, 1.54) is 5.56 Å². The van der Waals surface area contributed by atoms with Gasteiger partial charge in [0.2, 0.25) is 0 Å². The number of carboxylic acids is 1. The van der Waals surface area contributed by atoms with Crippen molar-refractivity contribution in [2.45, 2.75) is 19.4 Å². The summed E-state index contributed by atoms with van der Waals surface area (Å²) in [6, 6.07) is 5.51. The van der Waals surface area contributed by atoms with Crippen LogP contribution in [0.2, 0.25) is 0 Å². The van der Waals surface area contributed by atoms with Crippen LogP contribution in [0.5, 0.6) is 0 Å². The van der Waals surface area contributed by atoms with Gasteiger partial charge in [0.05, 0.1) is 0 Å². The number of aryl methyl sites for hydroxylation is 1. The fourth-order valence-electron chi connectivity index (χ4n) is 1.64. The second-order valence-corrected chi connectivity index (χ2v) is 3.40. The summed E-state index contributed by atoms with van der Waals surface area (Å²) in [5.41, 5.74) is 3.23. The zero-order valence-electron chi connectivity index (χ0n) is 7.37. The summed E-state index contributed by atoms with van der Waals surface area (Å²) >= 11 is 0. The van der Waals surface area contributed by atoms with Crippen LogP contribution in [0.25, 0.3) is 0 Å². The average Bonchev–Trinajstić information content (AvgIpc) is 2.46. The minimum atomic E-state index is -0.783. The van der Waals surface area contributed by atoms with Gasteiger partial charge >= 0.3 is 5.97 Å². The molecule has 3 nitrogen and oxygen atoms in total. The minimum Gasteiger partial charge on any atom is -0.480 e. The highest BCUT2D eigenvalue weighted by Crippen LogP contribution is 2.26. The Hall–Kier alpha value is -1.51. The number of carboxylic acid groups (broad SMARTS) is 1. The van der Waals surface area contributed by atoms with E-state index in [9.17, 15) is 4.79 Å². The molecule has 0 fully saturated rings. The third-order valence-electron chi connectivity index (χ3n) is 2.31. The van der Waals surface area contributed by atoms with E-state index in [4.69, 9.17) is 5.11 Å². The van der Waals surface area contributed by atoms with Gasteiger partial charge in [-0.1, -0.05) is 17.7 Å². The Bertz CT molecular complexity index is 360. The van der Waals surface area contributed by atoms with Gasteiger partial charge in [-0.05, 0) is 18.6 Å². The van der Waals surface area contributed by atoms with Gasteiger partial charge in [0.1, 0.15) is 6.04 Å². The van der Waals surface area contributed by atoms with E-state index in [0.717, 1.165) is 11.3 Å². The lowest BCUT2D eigenvalue weighted by atomic mass is 10.1. The minimum absolute atomic E-state index is 0.447. The number of fused-ring (bicyclic) bond motifs is 1. The number of aliphatic carboxylic acids is 1. The average molecular weight is 177 g/mol. The lowest BCUT2D eigenvalue weighted by Crippen LogP contribution is -2.26. The van der Waals surface area contributed by atoms with Crippen LogP contribution < -0.4 is 5.32 Å². The molecule has 0 spiro atoms. The molecule has 1 atom stereocenters. The summed E-state index contributed by atoms with van der Waals surface area (Å²) < 4.78 is 0. The molecule has 0 aromatic heterocycles. The van der Waals surface area contributed by atoms with E-state index in [-0.39, 0.29) is 0 Å². The first-order valence-corrected chi connectivity index (χ1v) is 4.25. The lowest BCUT2D eigenvalue weighted by molar-refractivity contribution is -0.137. The van der Waals surface area contributed by atoms with E-state index >= 15 is 0 Å². The number of anilines is 1. The third-order valence-corrected chi connectivity index (χ3v) is 2.31. The summed E-state index contributed by atoms with van der Waals surface area (Å²) in [7, 11) is 0. The molecule has 1 aliphatic rings. The van der Waals surface area contributed by atoms with Crippen molar-refractivity contribution < 1.29 is 9.90 Å². The first kappa shape index (κ1) is 8.10. The normalized spacial score (nSPS) is 19.3. The van der Waals surface area contributed by atoms with E-state index in [2.05, 4.69) is 5.32 Å².